The van der Waals surface area contributed by atoms with Crippen molar-refractivity contribution in [3.63, 3.8) is 0 Å². The van der Waals surface area contributed by atoms with E-state index >= 15 is 0 Å². The first-order chi connectivity index (χ1) is 3.41. The molecule has 0 aliphatic heterocycles. The molecule has 7 heavy (non-hydrogen) atoms. The predicted molar refractivity (Wildman–Crippen MR) is 24.6 cm³/mol. The SMILES string of the molecule is FCCCNCF. The van der Waals surface area contributed by atoms with E-state index in [0.29, 0.717) is 13.0 Å². The van der Waals surface area contributed by atoms with E-state index in [1.807, 2.05) is 0 Å². The fraction of sp³-hybridized carbons (Fsp3) is 1.00. The summed E-state index contributed by atoms with van der Waals surface area (Å²) in [5.74, 6) is 0. The maximum Gasteiger partial charge on any atom is 0.140 e. The van der Waals surface area contributed by atoms with Crippen molar-refractivity contribution in [1.29, 1.82) is 0 Å². The van der Waals surface area contributed by atoms with Crippen LogP contribution in [0.1, 0.15) is 6.42 Å². The second-order valence-corrected chi connectivity index (χ2v) is 1.18. The summed E-state index contributed by atoms with van der Waals surface area (Å²) in [5, 5.41) is 2.34. The quantitative estimate of drug-likeness (QED) is 0.417. The average Bonchev–Trinajstić information content (AvgIpc) is 1.69. The van der Waals surface area contributed by atoms with Crippen molar-refractivity contribution in [1.82, 2.24) is 5.32 Å². The summed E-state index contributed by atoms with van der Waals surface area (Å²) in [4.78, 5) is 0. The van der Waals surface area contributed by atoms with Gasteiger partial charge in [-0.25, -0.2) is 4.39 Å². The highest BCUT2D eigenvalue weighted by Gasteiger charge is 1.81. The molecule has 0 aliphatic carbocycles. The zero-order valence-electron chi connectivity index (χ0n) is 4.08. The zero-order valence-corrected chi connectivity index (χ0v) is 4.08. The minimum absolute atomic E-state index is 0.368. The van der Waals surface area contributed by atoms with Crippen LogP contribution in [0.2, 0.25) is 0 Å². The van der Waals surface area contributed by atoms with Crippen molar-refractivity contribution in [2.45, 2.75) is 6.42 Å². The monoisotopic (exact) mass is 109 g/mol. The fourth-order valence-electron chi connectivity index (χ4n) is 0.259. The van der Waals surface area contributed by atoms with Gasteiger partial charge < -0.3 is 0 Å². The third-order valence-electron chi connectivity index (χ3n) is 0.582. The van der Waals surface area contributed by atoms with Crippen LogP contribution in [-0.2, 0) is 0 Å². The Kier molecular flexibility index (Phi) is 5.67. The summed E-state index contributed by atoms with van der Waals surface area (Å²) >= 11 is 0. The second kappa shape index (κ2) is 5.82. The van der Waals surface area contributed by atoms with E-state index < -0.39 is 6.80 Å². The van der Waals surface area contributed by atoms with Crippen LogP contribution >= 0.6 is 0 Å². The molecule has 0 aliphatic rings. The molecule has 0 aromatic heterocycles. The van der Waals surface area contributed by atoms with Crippen molar-refractivity contribution in [3.05, 3.63) is 0 Å². The highest BCUT2D eigenvalue weighted by atomic mass is 19.1. The van der Waals surface area contributed by atoms with Gasteiger partial charge in [0, 0.05) is 0 Å². The fourth-order valence-corrected chi connectivity index (χ4v) is 0.259. The van der Waals surface area contributed by atoms with Crippen molar-refractivity contribution in [2.75, 3.05) is 20.0 Å². The molecule has 0 heterocycles. The van der Waals surface area contributed by atoms with Crippen molar-refractivity contribution in [2.24, 2.45) is 0 Å². The Morgan fingerprint density at radius 2 is 2.00 bits per heavy atom. The van der Waals surface area contributed by atoms with Crippen LogP contribution in [0, 0.1) is 0 Å². The van der Waals surface area contributed by atoms with Crippen LogP contribution in [0.25, 0.3) is 0 Å². The van der Waals surface area contributed by atoms with Crippen LogP contribution in [0.5, 0.6) is 0 Å². The molecule has 0 rings (SSSR count). The maximum atomic E-state index is 11.2. The minimum atomic E-state index is -0.556. The summed E-state index contributed by atoms with van der Waals surface area (Å²) in [6, 6.07) is 0. The predicted octanol–water partition coefficient (Wildman–Crippen LogP) is 0.863. The molecule has 0 fully saturated rings. The Bertz CT molecular complexity index is 28.9. The molecule has 0 aromatic rings. The van der Waals surface area contributed by atoms with Gasteiger partial charge in [-0.1, -0.05) is 0 Å². The molecule has 44 valence electrons. The highest BCUT2D eigenvalue weighted by Crippen LogP contribution is 1.74. The third kappa shape index (κ3) is 5.82. The van der Waals surface area contributed by atoms with Gasteiger partial charge in [-0.2, -0.15) is 0 Å². The maximum absolute atomic E-state index is 11.2. The summed E-state index contributed by atoms with van der Waals surface area (Å²) in [6.45, 7) is -0.486. The van der Waals surface area contributed by atoms with E-state index in [9.17, 15) is 8.78 Å². The number of halogens is 2. The first-order valence-electron chi connectivity index (χ1n) is 2.24. The zero-order chi connectivity index (χ0) is 5.54. The van der Waals surface area contributed by atoms with E-state index in [1.165, 1.54) is 0 Å². The van der Waals surface area contributed by atoms with Crippen LogP contribution < -0.4 is 5.32 Å². The van der Waals surface area contributed by atoms with Gasteiger partial charge in [0.25, 0.3) is 0 Å². The lowest BCUT2D eigenvalue weighted by molar-refractivity contribution is 0.400. The Morgan fingerprint density at radius 1 is 1.29 bits per heavy atom. The molecule has 3 heteroatoms. The standard InChI is InChI=1S/C4H9F2N/c5-2-1-3-7-4-6/h7H,1-4H2. The van der Waals surface area contributed by atoms with E-state index in [2.05, 4.69) is 5.32 Å². The van der Waals surface area contributed by atoms with E-state index in [-0.39, 0.29) is 6.67 Å². The molecular weight excluding hydrogens is 100 g/mol. The third-order valence-corrected chi connectivity index (χ3v) is 0.582. The molecule has 0 atom stereocenters. The van der Waals surface area contributed by atoms with Crippen molar-refractivity contribution >= 4 is 0 Å². The van der Waals surface area contributed by atoms with E-state index in [4.69, 9.17) is 0 Å². The second-order valence-electron chi connectivity index (χ2n) is 1.18. The molecule has 0 saturated carbocycles. The molecule has 0 spiro atoms. The lowest BCUT2D eigenvalue weighted by Gasteiger charge is -1.91. The van der Waals surface area contributed by atoms with E-state index in [1.54, 1.807) is 0 Å². The van der Waals surface area contributed by atoms with Gasteiger partial charge >= 0.3 is 0 Å². The average molecular weight is 109 g/mol. The van der Waals surface area contributed by atoms with Gasteiger partial charge in [-0.05, 0) is 13.0 Å². The van der Waals surface area contributed by atoms with E-state index in [0.717, 1.165) is 0 Å². The number of hydrogen-bond acceptors (Lipinski definition) is 1. The van der Waals surface area contributed by atoms with Crippen molar-refractivity contribution in [3.8, 4) is 0 Å². The lowest BCUT2D eigenvalue weighted by atomic mass is 10.5. The van der Waals surface area contributed by atoms with Gasteiger partial charge in [0.05, 0.1) is 6.67 Å². The molecule has 0 radical (unpaired) electrons. The van der Waals surface area contributed by atoms with Crippen molar-refractivity contribution < 1.29 is 8.78 Å². The minimum Gasteiger partial charge on any atom is -0.290 e. The molecule has 0 unspecified atom stereocenters. The highest BCUT2D eigenvalue weighted by molar-refractivity contribution is 4.37. The topological polar surface area (TPSA) is 12.0 Å². The molecule has 0 amide bonds. The number of rotatable bonds is 4. The first kappa shape index (κ1) is 6.82. The first-order valence-corrected chi connectivity index (χ1v) is 2.24. The number of nitrogens with one attached hydrogen (secondary N) is 1. The van der Waals surface area contributed by atoms with Gasteiger partial charge in [0.1, 0.15) is 6.80 Å². The van der Waals surface area contributed by atoms with Crippen LogP contribution in [0.3, 0.4) is 0 Å². The van der Waals surface area contributed by atoms with Gasteiger partial charge in [0.2, 0.25) is 0 Å². The largest absolute Gasteiger partial charge is 0.290 e. The van der Waals surface area contributed by atoms with Gasteiger partial charge in [-0.15, -0.1) is 0 Å². The smallest absolute Gasteiger partial charge is 0.140 e. The van der Waals surface area contributed by atoms with Crippen LogP contribution in [-0.4, -0.2) is 20.0 Å². The summed E-state index contributed by atoms with van der Waals surface area (Å²) < 4.78 is 22.2. The Morgan fingerprint density at radius 3 is 2.43 bits per heavy atom. The lowest BCUT2D eigenvalue weighted by Crippen LogP contribution is -2.13. The Balaban J connectivity index is 2.45. The molecular formula is C4H9F2N. The molecule has 1 N–H and O–H groups in total. The molecule has 0 aromatic carbocycles. The molecule has 1 nitrogen and oxygen atoms in total. The Labute approximate surface area is 41.7 Å². The van der Waals surface area contributed by atoms with Gasteiger partial charge in [-0.3, -0.25) is 9.71 Å². The summed E-state index contributed by atoms with van der Waals surface area (Å²) in [5.41, 5.74) is 0. The molecule has 0 saturated heterocycles. The normalized spacial score (nSPS) is 9.43. The van der Waals surface area contributed by atoms with Gasteiger partial charge in [0.15, 0.2) is 0 Å². The Hall–Kier alpha value is -0.180. The summed E-state index contributed by atoms with van der Waals surface area (Å²) in [6.07, 6.45) is 0.407. The van der Waals surface area contributed by atoms with Crippen LogP contribution in [0.15, 0.2) is 0 Å². The number of alkyl halides is 2. The summed E-state index contributed by atoms with van der Waals surface area (Å²) in [7, 11) is 0. The number of hydrogen-bond donors (Lipinski definition) is 1. The molecule has 0 bridgehead atoms. The van der Waals surface area contributed by atoms with Crippen LogP contribution in [0.4, 0.5) is 8.78 Å².